The number of hydrogen-bond donors (Lipinski definition) is 0. The van der Waals surface area contributed by atoms with Gasteiger partial charge in [-0.15, -0.1) is 6.58 Å². The van der Waals surface area contributed by atoms with Crippen LogP contribution in [0.3, 0.4) is 0 Å². The average Bonchev–Trinajstić information content (AvgIpc) is 2.66. The second-order valence-corrected chi connectivity index (χ2v) is 6.15. The van der Waals surface area contributed by atoms with Gasteiger partial charge in [-0.25, -0.2) is 0 Å². The number of benzene rings is 2. The summed E-state index contributed by atoms with van der Waals surface area (Å²) in [6, 6.07) is 17.8. The molecule has 3 heteroatoms. The van der Waals surface area contributed by atoms with Crippen LogP contribution >= 0.6 is 0 Å². The number of ether oxygens (including phenoxy) is 1. The van der Waals surface area contributed by atoms with Gasteiger partial charge in [-0.05, 0) is 37.0 Å². The maximum absolute atomic E-state index is 12.2. The lowest BCUT2D eigenvalue weighted by Gasteiger charge is -2.20. The molecule has 1 aromatic heterocycles. The number of rotatable bonds is 7. The van der Waals surface area contributed by atoms with Gasteiger partial charge in [0.2, 0.25) is 0 Å². The second kappa shape index (κ2) is 7.84. The van der Waals surface area contributed by atoms with Gasteiger partial charge in [0.15, 0.2) is 5.43 Å². The highest BCUT2D eigenvalue weighted by Crippen LogP contribution is 2.24. The van der Waals surface area contributed by atoms with Crippen molar-refractivity contribution in [1.29, 1.82) is 0 Å². The summed E-state index contributed by atoms with van der Waals surface area (Å²) >= 11 is 0. The molecular weight excluding hydrogens is 310 g/mol. The Balaban J connectivity index is 1.86. The van der Waals surface area contributed by atoms with E-state index in [-0.39, 0.29) is 11.5 Å². The predicted molar refractivity (Wildman–Crippen MR) is 103 cm³/mol. The van der Waals surface area contributed by atoms with Gasteiger partial charge in [-0.1, -0.05) is 36.4 Å². The molecule has 0 N–H and O–H groups in total. The topological polar surface area (TPSA) is 31.2 Å². The highest BCUT2D eigenvalue weighted by Gasteiger charge is 2.11. The molecule has 25 heavy (non-hydrogen) atoms. The molecule has 0 saturated heterocycles. The fourth-order valence-corrected chi connectivity index (χ4v) is 3.20. The van der Waals surface area contributed by atoms with E-state index in [1.165, 1.54) is 5.56 Å². The van der Waals surface area contributed by atoms with Crippen LogP contribution in [0.5, 0.6) is 5.75 Å². The van der Waals surface area contributed by atoms with Crippen LogP contribution in [0.4, 0.5) is 0 Å². The summed E-state index contributed by atoms with van der Waals surface area (Å²) in [4.78, 5) is 12.2. The molecule has 0 spiro atoms. The van der Waals surface area contributed by atoms with Gasteiger partial charge >= 0.3 is 0 Å². The van der Waals surface area contributed by atoms with Crippen LogP contribution in [-0.4, -0.2) is 11.7 Å². The minimum Gasteiger partial charge on any atom is -0.497 e. The van der Waals surface area contributed by atoms with Gasteiger partial charge in [0.05, 0.1) is 18.7 Å². The maximum Gasteiger partial charge on any atom is 0.189 e. The SMILES string of the molecule is C=CC(CCCc1ccccc1)n1ccc(=O)c2ccc(OC)cc21. The molecule has 0 saturated carbocycles. The molecule has 3 aromatic rings. The molecule has 0 bridgehead atoms. The van der Waals surface area contributed by atoms with Crippen molar-refractivity contribution in [1.82, 2.24) is 4.57 Å². The zero-order chi connectivity index (χ0) is 17.6. The number of nitrogens with zero attached hydrogens (tertiary/aromatic N) is 1. The summed E-state index contributed by atoms with van der Waals surface area (Å²) in [6.07, 6.45) is 6.87. The van der Waals surface area contributed by atoms with Gasteiger partial charge in [0.1, 0.15) is 5.75 Å². The standard InChI is InChI=1S/C22H23NO2/c1-3-18(11-7-10-17-8-5-4-6-9-17)23-15-14-22(24)20-13-12-19(25-2)16-21(20)23/h3-6,8-9,12-16,18H,1,7,10-11H2,2H3. The van der Waals surface area contributed by atoms with Crippen molar-refractivity contribution in [2.75, 3.05) is 7.11 Å². The Morgan fingerprint density at radius 2 is 1.96 bits per heavy atom. The zero-order valence-electron chi connectivity index (χ0n) is 14.5. The van der Waals surface area contributed by atoms with Crippen molar-refractivity contribution in [2.45, 2.75) is 25.3 Å². The van der Waals surface area contributed by atoms with E-state index in [2.05, 4.69) is 35.4 Å². The van der Waals surface area contributed by atoms with Crippen molar-refractivity contribution in [3.05, 3.63) is 89.2 Å². The Morgan fingerprint density at radius 3 is 2.68 bits per heavy atom. The Labute approximate surface area is 148 Å². The average molecular weight is 333 g/mol. The van der Waals surface area contributed by atoms with Gasteiger partial charge in [-0.3, -0.25) is 4.79 Å². The van der Waals surface area contributed by atoms with Crippen LogP contribution in [0, 0.1) is 0 Å². The smallest absolute Gasteiger partial charge is 0.189 e. The molecule has 3 rings (SSSR count). The van der Waals surface area contributed by atoms with E-state index >= 15 is 0 Å². The highest BCUT2D eigenvalue weighted by molar-refractivity contribution is 5.80. The van der Waals surface area contributed by atoms with E-state index in [0.29, 0.717) is 5.39 Å². The third-order valence-corrected chi connectivity index (χ3v) is 4.57. The summed E-state index contributed by atoms with van der Waals surface area (Å²) in [5.74, 6) is 0.749. The summed E-state index contributed by atoms with van der Waals surface area (Å²) in [7, 11) is 1.64. The van der Waals surface area contributed by atoms with E-state index in [1.54, 1.807) is 13.2 Å². The van der Waals surface area contributed by atoms with E-state index in [9.17, 15) is 4.79 Å². The normalized spacial score (nSPS) is 12.0. The monoisotopic (exact) mass is 333 g/mol. The van der Waals surface area contributed by atoms with Crippen LogP contribution in [0.1, 0.15) is 24.4 Å². The number of aryl methyl sites for hydroxylation is 1. The molecule has 0 fully saturated rings. The van der Waals surface area contributed by atoms with Crippen molar-refractivity contribution >= 4 is 10.9 Å². The van der Waals surface area contributed by atoms with Crippen LogP contribution in [0.25, 0.3) is 10.9 Å². The quantitative estimate of drug-likeness (QED) is 0.584. The molecule has 0 aliphatic heterocycles. The number of pyridine rings is 1. The lowest BCUT2D eigenvalue weighted by molar-refractivity contribution is 0.415. The molecule has 0 aliphatic carbocycles. The molecule has 128 valence electrons. The molecule has 0 aliphatic rings. The van der Waals surface area contributed by atoms with E-state index in [1.807, 2.05) is 36.5 Å². The Morgan fingerprint density at radius 1 is 1.16 bits per heavy atom. The molecule has 2 aromatic carbocycles. The Bertz CT molecular complexity index is 912. The second-order valence-electron chi connectivity index (χ2n) is 6.15. The largest absolute Gasteiger partial charge is 0.497 e. The van der Waals surface area contributed by atoms with Crippen molar-refractivity contribution < 1.29 is 4.74 Å². The van der Waals surface area contributed by atoms with E-state index < -0.39 is 0 Å². The molecule has 3 nitrogen and oxygen atoms in total. The summed E-state index contributed by atoms with van der Waals surface area (Å²) < 4.78 is 7.45. The molecule has 0 amide bonds. The molecule has 1 unspecified atom stereocenters. The first-order valence-corrected chi connectivity index (χ1v) is 8.58. The summed E-state index contributed by atoms with van der Waals surface area (Å²) in [6.45, 7) is 4.00. The minimum absolute atomic E-state index is 0.0287. The van der Waals surface area contributed by atoms with Crippen LogP contribution in [0.2, 0.25) is 0 Å². The maximum atomic E-state index is 12.2. The molecule has 1 atom stereocenters. The van der Waals surface area contributed by atoms with Gasteiger partial charge in [0.25, 0.3) is 0 Å². The van der Waals surface area contributed by atoms with Crippen molar-refractivity contribution in [3.8, 4) is 5.75 Å². The fraction of sp³-hybridized carbons (Fsp3) is 0.227. The lowest BCUT2D eigenvalue weighted by atomic mass is 10.0. The number of methoxy groups -OCH3 is 1. The van der Waals surface area contributed by atoms with E-state index in [0.717, 1.165) is 30.5 Å². The van der Waals surface area contributed by atoms with Gasteiger partial charge < -0.3 is 9.30 Å². The van der Waals surface area contributed by atoms with Crippen molar-refractivity contribution in [3.63, 3.8) is 0 Å². The van der Waals surface area contributed by atoms with Gasteiger partial charge in [0, 0.05) is 23.7 Å². The Hall–Kier alpha value is -2.81. The van der Waals surface area contributed by atoms with E-state index in [4.69, 9.17) is 4.74 Å². The first kappa shape index (κ1) is 17.0. The number of aromatic nitrogens is 1. The number of fused-ring (bicyclic) bond motifs is 1. The first-order valence-electron chi connectivity index (χ1n) is 8.58. The summed E-state index contributed by atoms with van der Waals surface area (Å²) in [5, 5.41) is 0.707. The third-order valence-electron chi connectivity index (χ3n) is 4.57. The Kier molecular flexibility index (Phi) is 5.34. The predicted octanol–water partition coefficient (Wildman–Crippen LogP) is 4.76. The zero-order valence-corrected chi connectivity index (χ0v) is 14.5. The first-order chi connectivity index (χ1) is 12.2. The van der Waals surface area contributed by atoms with Crippen LogP contribution < -0.4 is 10.2 Å². The highest BCUT2D eigenvalue weighted by atomic mass is 16.5. The summed E-state index contributed by atoms with van der Waals surface area (Å²) in [5.41, 5.74) is 2.26. The fourth-order valence-electron chi connectivity index (χ4n) is 3.20. The van der Waals surface area contributed by atoms with Crippen molar-refractivity contribution in [2.24, 2.45) is 0 Å². The molecular formula is C22H23NO2. The number of allylic oxidation sites excluding steroid dienone is 1. The molecule has 0 radical (unpaired) electrons. The number of hydrogen-bond acceptors (Lipinski definition) is 2. The van der Waals surface area contributed by atoms with Gasteiger partial charge in [-0.2, -0.15) is 0 Å². The molecule has 1 heterocycles. The lowest BCUT2D eigenvalue weighted by Crippen LogP contribution is -2.12. The van der Waals surface area contributed by atoms with Crippen LogP contribution in [0.15, 0.2) is 78.2 Å². The minimum atomic E-state index is 0.0287. The van der Waals surface area contributed by atoms with Crippen LogP contribution in [-0.2, 0) is 6.42 Å². The third kappa shape index (κ3) is 3.82.